The molecule has 0 unspecified atom stereocenters. The highest BCUT2D eigenvalue weighted by Crippen LogP contribution is 2.11. The minimum atomic E-state index is -0.175. The van der Waals surface area contributed by atoms with Crippen molar-refractivity contribution in [2.24, 2.45) is 0 Å². The highest BCUT2D eigenvalue weighted by atomic mass is 32.1. The van der Waals surface area contributed by atoms with Gasteiger partial charge in [0.15, 0.2) is 5.11 Å². The fourth-order valence-electron chi connectivity index (χ4n) is 2.27. The lowest BCUT2D eigenvalue weighted by molar-refractivity contribution is -0.119. The highest BCUT2D eigenvalue weighted by Gasteiger charge is 2.09. The second kappa shape index (κ2) is 8.39. The number of carbonyl (C=O) groups is 2. The van der Waals surface area contributed by atoms with Gasteiger partial charge < -0.3 is 15.5 Å². The first-order valence-corrected chi connectivity index (χ1v) is 8.24. The Bertz CT molecular complexity index is 786. The van der Waals surface area contributed by atoms with Gasteiger partial charge in [-0.2, -0.15) is 0 Å². The summed E-state index contributed by atoms with van der Waals surface area (Å²) in [6.45, 7) is 1.97. The Morgan fingerprint density at radius 2 is 1.68 bits per heavy atom. The van der Waals surface area contributed by atoms with Crippen molar-refractivity contribution < 1.29 is 9.59 Å². The number of hydrogen-bond acceptors (Lipinski definition) is 3. The van der Waals surface area contributed by atoms with Crippen LogP contribution in [0.25, 0.3) is 0 Å². The van der Waals surface area contributed by atoms with E-state index in [0.717, 1.165) is 11.1 Å². The minimum absolute atomic E-state index is 0.0688. The fourth-order valence-corrected chi connectivity index (χ4v) is 2.50. The van der Waals surface area contributed by atoms with Crippen LogP contribution in [0.15, 0.2) is 48.5 Å². The number of nitrogens with zero attached hydrogens (tertiary/aromatic N) is 1. The highest BCUT2D eigenvalue weighted by molar-refractivity contribution is 7.80. The van der Waals surface area contributed by atoms with E-state index in [1.165, 1.54) is 4.90 Å². The molecule has 0 aromatic heterocycles. The van der Waals surface area contributed by atoms with Crippen LogP contribution in [0.4, 0.5) is 5.69 Å². The van der Waals surface area contributed by atoms with E-state index in [0.29, 0.717) is 11.3 Å². The number of thiocarbonyl (C=S) groups is 1. The molecular weight excluding hydrogens is 334 g/mol. The minimum Gasteiger partial charge on any atom is -0.345 e. The predicted molar refractivity (Wildman–Crippen MR) is 104 cm³/mol. The van der Waals surface area contributed by atoms with Gasteiger partial charge in [0.25, 0.3) is 5.91 Å². The SMILES string of the molecule is Cc1ccccc1CC(=O)NC(=S)Nc1ccc(C(=O)N(C)C)cc1. The molecule has 0 atom stereocenters. The number of nitrogens with one attached hydrogen (secondary N) is 2. The van der Waals surface area contributed by atoms with Gasteiger partial charge in [-0.15, -0.1) is 0 Å². The van der Waals surface area contributed by atoms with Crippen LogP contribution in [0.2, 0.25) is 0 Å². The van der Waals surface area contributed by atoms with Gasteiger partial charge in [-0.05, 0) is 54.5 Å². The molecule has 0 fully saturated rings. The predicted octanol–water partition coefficient (Wildman–Crippen LogP) is 2.75. The van der Waals surface area contributed by atoms with Crippen molar-refractivity contribution >= 4 is 34.8 Å². The lowest BCUT2D eigenvalue weighted by Gasteiger charge is -2.12. The zero-order chi connectivity index (χ0) is 18.4. The quantitative estimate of drug-likeness (QED) is 0.828. The third-order valence-corrected chi connectivity index (χ3v) is 3.87. The lowest BCUT2D eigenvalue weighted by atomic mass is 10.1. The first-order valence-electron chi connectivity index (χ1n) is 7.84. The van der Waals surface area contributed by atoms with Crippen molar-refractivity contribution in [3.63, 3.8) is 0 Å². The van der Waals surface area contributed by atoms with Gasteiger partial charge in [-0.25, -0.2) is 0 Å². The molecule has 0 heterocycles. The second-order valence-electron chi connectivity index (χ2n) is 5.88. The van der Waals surface area contributed by atoms with Crippen LogP contribution in [0, 0.1) is 6.92 Å². The van der Waals surface area contributed by atoms with Crippen molar-refractivity contribution in [1.29, 1.82) is 0 Å². The topological polar surface area (TPSA) is 61.4 Å². The van der Waals surface area contributed by atoms with E-state index in [4.69, 9.17) is 12.2 Å². The summed E-state index contributed by atoms with van der Waals surface area (Å²) in [5, 5.41) is 5.84. The Morgan fingerprint density at radius 1 is 1.04 bits per heavy atom. The summed E-state index contributed by atoms with van der Waals surface area (Å²) in [7, 11) is 3.40. The summed E-state index contributed by atoms with van der Waals surface area (Å²) in [4.78, 5) is 25.5. The average Bonchev–Trinajstić information content (AvgIpc) is 2.56. The number of aryl methyl sites for hydroxylation is 1. The van der Waals surface area contributed by atoms with Gasteiger partial charge in [-0.1, -0.05) is 24.3 Å². The van der Waals surface area contributed by atoms with Crippen LogP contribution in [0.3, 0.4) is 0 Å². The van der Waals surface area contributed by atoms with Gasteiger partial charge in [-0.3, -0.25) is 9.59 Å². The van der Waals surface area contributed by atoms with Crippen LogP contribution in [-0.4, -0.2) is 35.9 Å². The van der Waals surface area contributed by atoms with E-state index in [9.17, 15) is 9.59 Å². The van der Waals surface area contributed by atoms with E-state index >= 15 is 0 Å². The van der Waals surface area contributed by atoms with Crippen LogP contribution in [0.1, 0.15) is 21.5 Å². The summed E-state index contributed by atoms with van der Waals surface area (Å²) >= 11 is 5.17. The normalized spacial score (nSPS) is 10.0. The summed E-state index contributed by atoms with van der Waals surface area (Å²) in [6, 6.07) is 14.6. The van der Waals surface area contributed by atoms with Crippen molar-refractivity contribution in [3.8, 4) is 0 Å². The molecule has 2 amide bonds. The van der Waals surface area contributed by atoms with Crippen LogP contribution >= 0.6 is 12.2 Å². The van der Waals surface area contributed by atoms with Crippen LogP contribution in [-0.2, 0) is 11.2 Å². The summed E-state index contributed by atoms with van der Waals surface area (Å²) in [5.41, 5.74) is 3.33. The van der Waals surface area contributed by atoms with E-state index in [2.05, 4.69) is 10.6 Å². The smallest absolute Gasteiger partial charge is 0.253 e. The molecule has 6 heteroatoms. The molecule has 5 nitrogen and oxygen atoms in total. The van der Waals surface area contributed by atoms with Crippen molar-refractivity contribution in [2.45, 2.75) is 13.3 Å². The Morgan fingerprint density at radius 3 is 2.28 bits per heavy atom. The Balaban J connectivity index is 1.90. The molecule has 2 N–H and O–H groups in total. The number of benzene rings is 2. The molecule has 0 spiro atoms. The maximum Gasteiger partial charge on any atom is 0.253 e. The van der Waals surface area contributed by atoms with E-state index < -0.39 is 0 Å². The standard InChI is InChI=1S/C19H21N3O2S/c1-13-6-4-5-7-15(13)12-17(23)21-19(25)20-16-10-8-14(9-11-16)18(24)22(2)3/h4-11H,12H2,1-3H3,(H2,20,21,23,25). The number of anilines is 1. The molecule has 25 heavy (non-hydrogen) atoms. The average molecular weight is 355 g/mol. The number of carbonyl (C=O) groups excluding carboxylic acids is 2. The van der Waals surface area contributed by atoms with Crippen molar-refractivity contribution in [1.82, 2.24) is 10.2 Å². The molecule has 2 aromatic carbocycles. The van der Waals surface area contributed by atoms with Gasteiger partial charge >= 0.3 is 0 Å². The van der Waals surface area contributed by atoms with Crippen molar-refractivity contribution in [3.05, 3.63) is 65.2 Å². The van der Waals surface area contributed by atoms with Gasteiger partial charge in [0.2, 0.25) is 5.91 Å². The van der Waals surface area contributed by atoms with Gasteiger partial charge in [0.05, 0.1) is 6.42 Å². The molecule has 130 valence electrons. The zero-order valence-electron chi connectivity index (χ0n) is 14.5. The summed E-state index contributed by atoms with van der Waals surface area (Å²) < 4.78 is 0. The zero-order valence-corrected chi connectivity index (χ0v) is 15.3. The number of amides is 2. The van der Waals surface area contributed by atoms with E-state index in [1.54, 1.807) is 38.4 Å². The first kappa shape index (κ1) is 18.6. The molecule has 0 bridgehead atoms. The maximum atomic E-state index is 12.1. The Hall–Kier alpha value is -2.73. The lowest BCUT2D eigenvalue weighted by Crippen LogP contribution is -2.35. The van der Waals surface area contributed by atoms with Gasteiger partial charge in [0, 0.05) is 25.3 Å². The largest absolute Gasteiger partial charge is 0.345 e. The fraction of sp³-hybridized carbons (Fsp3) is 0.211. The summed E-state index contributed by atoms with van der Waals surface area (Å²) in [5.74, 6) is -0.244. The monoisotopic (exact) mass is 355 g/mol. The van der Waals surface area contributed by atoms with Gasteiger partial charge in [0.1, 0.15) is 0 Å². The molecule has 0 saturated carbocycles. The summed E-state index contributed by atoms with van der Waals surface area (Å²) in [6.07, 6.45) is 0.269. The molecule has 0 saturated heterocycles. The molecule has 0 aliphatic heterocycles. The molecule has 2 rings (SSSR count). The number of hydrogen-bond donors (Lipinski definition) is 2. The van der Waals surface area contributed by atoms with Crippen LogP contribution < -0.4 is 10.6 Å². The molecule has 0 aliphatic rings. The molecule has 2 aromatic rings. The Labute approximate surface area is 153 Å². The van der Waals surface area contributed by atoms with E-state index in [1.807, 2.05) is 31.2 Å². The maximum absolute atomic E-state index is 12.1. The molecule has 0 radical (unpaired) electrons. The van der Waals surface area contributed by atoms with Crippen LogP contribution in [0.5, 0.6) is 0 Å². The van der Waals surface area contributed by atoms with E-state index in [-0.39, 0.29) is 23.3 Å². The molecular formula is C19H21N3O2S. The first-order chi connectivity index (χ1) is 11.9. The third-order valence-electron chi connectivity index (χ3n) is 3.66. The van der Waals surface area contributed by atoms with Crippen molar-refractivity contribution in [2.75, 3.05) is 19.4 Å². The third kappa shape index (κ3) is 5.39. The molecule has 0 aliphatic carbocycles. The number of rotatable bonds is 4. The Kier molecular flexibility index (Phi) is 6.25. The second-order valence-corrected chi connectivity index (χ2v) is 6.29.